The highest BCUT2D eigenvalue weighted by Gasteiger charge is 2.25. The fraction of sp³-hybridized carbons (Fsp3) is 0.375. The third kappa shape index (κ3) is 2.28. The highest BCUT2D eigenvalue weighted by Crippen LogP contribution is 2.28. The Hall–Kier alpha value is -2.30. The third-order valence-corrected chi connectivity index (χ3v) is 4.01. The molecule has 5 nitrogen and oxygen atoms in total. The average Bonchev–Trinajstić information content (AvgIpc) is 2.87. The first-order valence-corrected chi connectivity index (χ1v) is 7.11. The van der Waals surface area contributed by atoms with Gasteiger partial charge in [0.2, 0.25) is 0 Å². The monoisotopic (exact) mass is 286 g/mol. The lowest BCUT2D eigenvalue weighted by molar-refractivity contribution is 0.0688. The van der Waals surface area contributed by atoms with E-state index in [0.717, 1.165) is 53.9 Å². The normalized spacial score (nSPS) is 13.8. The van der Waals surface area contributed by atoms with Gasteiger partial charge in [0.15, 0.2) is 5.69 Å². The summed E-state index contributed by atoms with van der Waals surface area (Å²) in [7, 11) is 1.64. The summed E-state index contributed by atoms with van der Waals surface area (Å²) < 4.78 is 7.05. The SMILES string of the molecule is COc1ccc(-n2nc(C(=O)O)c3c2CCCC3)cc1C. The molecule has 21 heavy (non-hydrogen) atoms. The van der Waals surface area contributed by atoms with E-state index >= 15 is 0 Å². The molecule has 0 bridgehead atoms. The second-order valence-corrected chi connectivity index (χ2v) is 5.35. The van der Waals surface area contributed by atoms with E-state index in [1.54, 1.807) is 11.8 Å². The molecule has 0 fully saturated rings. The van der Waals surface area contributed by atoms with Crippen LogP contribution in [0.4, 0.5) is 0 Å². The molecule has 0 aliphatic heterocycles. The van der Waals surface area contributed by atoms with Gasteiger partial charge in [-0.2, -0.15) is 5.10 Å². The number of aromatic nitrogens is 2. The van der Waals surface area contributed by atoms with Gasteiger partial charge in [0, 0.05) is 11.3 Å². The molecule has 0 radical (unpaired) electrons. The predicted molar refractivity (Wildman–Crippen MR) is 78.5 cm³/mol. The minimum absolute atomic E-state index is 0.193. The Morgan fingerprint density at radius 1 is 1.33 bits per heavy atom. The lowest BCUT2D eigenvalue weighted by Gasteiger charge is -2.15. The fourth-order valence-corrected chi connectivity index (χ4v) is 2.98. The van der Waals surface area contributed by atoms with Crippen LogP contribution in [0.15, 0.2) is 18.2 Å². The minimum atomic E-state index is -0.947. The molecule has 1 heterocycles. The maximum absolute atomic E-state index is 11.4. The zero-order valence-electron chi connectivity index (χ0n) is 12.2. The fourth-order valence-electron chi connectivity index (χ4n) is 2.98. The summed E-state index contributed by atoms with van der Waals surface area (Å²) in [4.78, 5) is 11.4. The number of ether oxygens (including phenoxy) is 1. The van der Waals surface area contributed by atoms with Crippen molar-refractivity contribution >= 4 is 5.97 Å². The van der Waals surface area contributed by atoms with Gasteiger partial charge in [-0.15, -0.1) is 0 Å². The molecular formula is C16H18N2O3. The molecule has 1 aromatic heterocycles. The molecule has 2 aromatic rings. The summed E-state index contributed by atoms with van der Waals surface area (Å²) >= 11 is 0. The Kier molecular flexibility index (Phi) is 3.41. The van der Waals surface area contributed by atoms with E-state index in [-0.39, 0.29) is 5.69 Å². The van der Waals surface area contributed by atoms with Gasteiger partial charge in [-0.1, -0.05) is 0 Å². The first kappa shape index (κ1) is 13.7. The molecular weight excluding hydrogens is 268 g/mol. The Balaban J connectivity index is 2.14. The van der Waals surface area contributed by atoms with Gasteiger partial charge < -0.3 is 9.84 Å². The van der Waals surface area contributed by atoms with Gasteiger partial charge in [0.1, 0.15) is 5.75 Å². The van der Waals surface area contributed by atoms with Crippen molar-refractivity contribution in [3.63, 3.8) is 0 Å². The molecule has 0 unspecified atom stereocenters. The van der Waals surface area contributed by atoms with Crippen molar-refractivity contribution in [2.24, 2.45) is 0 Å². The van der Waals surface area contributed by atoms with Gasteiger partial charge in [0.05, 0.1) is 12.8 Å². The number of hydrogen-bond acceptors (Lipinski definition) is 3. The number of carbonyl (C=O) groups is 1. The van der Waals surface area contributed by atoms with E-state index < -0.39 is 5.97 Å². The van der Waals surface area contributed by atoms with Crippen LogP contribution in [0.1, 0.15) is 40.2 Å². The van der Waals surface area contributed by atoms with Crippen LogP contribution in [0.25, 0.3) is 5.69 Å². The number of methoxy groups -OCH3 is 1. The second kappa shape index (κ2) is 5.24. The summed E-state index contributed by atoms with van der Waals surface area (Å²) in [5.74, 6) is -0.129. The number of carboxylic acid groups (broad SMARTS) is 1. The molecule has 1 aromatic carbocycles. The summed E-state index contributed by atoms with van der Waals surface area (Å²) in [6.07, 6.45) is 3.78. The van der Waals surface area contributed by atoms with Crippen LogP contribution in [0, 0.1) is 6.92 Å². The maximum atomic E-state index is 11.4. The lowest BCUT2D eigenvalue weighted by Crippen LogP contribution is -2.08. The highest BCUT2D eigenvalue weighted by molar-refractivity contribution is 5.87. The number of hydrogen-bond donors (Lipinski definition) is 1. The van der Waals surface area contributed by atoms with Gasteiger partial charge in [-0.3, -0.25) is 0 Å². The standard InChI is InChI=1S/C16H18N2O3/c1-10-9-11(7-8-14(10)21-2)18-13-6-4-3-5-12(13)15(17-18)16(19)20/h7-9H,3-6H2,1-2H3,(H,19,20). The van der Waals surface area contributed by atoms with Crippen molar-refractivity contribution in [3.8, 4) is 11.4 Å². The van der Waals surface area contributed by atoms with Gasteiger partial charge in [-0.05, 0) is 56.4 Å². The van der Waals surface area contributed by atoms with Crippen LogP contribution in [0.2, 0.25) is 0 Å². The molecule has 0 spiro atoms. The van der Waals surface area contributed by atoms with E-state index in [4.69, 9.17) is 4.74 Å². The zero-order valence-corrected chi connectivity index (χ0v) is 12.2. The van der Waals surface area contributed by atoms with Crippen LogP contribution >= 0.6 is 0 Å². The maximum Gasteiger partial charge on any atom is 0.356 e. The average molecular weight is 286 g/mol. The summed E-state index contributed by atoms with van der Waals surface area (Å²) in [5.41, 5.74) is 4.01. The van der Waals surface area contributed by atoms with Gasteiger partial charge in [0.25, 0.3) is 0 Å². The summed E-state index contributed by atoms with van der Waals surface area (Å²) in [6, 6.07) is 5.79. The highest BCUT2D eigenvalue weighted by atomic mass is 16.5. The Morgan fingerprint density at radius 2 is 2.10 bits per heavy atom. The van der Waals surface area contributed by atoms with E-state index in [9.17, 15) is 9.90 Å². The van der Waals surface area contributed by atoms with Crippen LogP contribution < -0.4 is 4.74 Å². The molecule has 1 aliphatic rings. The minimum Gasteiger partial charge on any atom is -0.496 e. The van der Waals surface area contributed by atoms with E-state index in [1.165, 1.54) is 0 Å². The second-order valence-electron chi connectivity index (χ2n) is 5.35. The molecule has 0 atom stereocenters. The number of nitrogens with zero attached hydrogens (tertiary/aromatic N) is 2. The van der Waals surface area contributed by atoms with Crippen LogP contribution in [-0.4, -0.2) is 28.0 Å². The molecule has 0 amide bonds. The van der Waals surface area contributed by atoms with Gasteiger partial charge in [-0.25, -0.2) is 9.48 Å². The van der Waals surface area contributed by atoms with Crippen molar-refractivity contribution in [2.75, 3.05) is 7.11 Å². The van der Waals surface area contributed by atoms with Crippen LogP contribution in [-0.2, 0) is 12.8 Å². The number of fused-ring (bicyclic) bond motifs is 1. The molecule has 3 rings (SSSR count). The predicted octanol–water partition coefficient (Wildman–Crippen LogP) is 2.77. The number of benzene rings is 1. The molecule has 0 saturated heterocycles. The Labute approximate surface area is 123 Å². The smallest absolute Gasteiger partial charge is 0.356 e. The van der Waals surface area contributed by atoms with Crippen molar-refractivity contribution in [3.05, 3.63) is 40.7 Å². The topological polar surface area (TPSA) is 64.4 Å². The number of carboxylic acids is 1. The van der Waals surface area contributed by atoms with Crippen molar-refractivity contribution < 1.29 is 14.6 Å². The Bertz CT molecular complexity index is 704. The first-order valence-electron chi connectivity index (χ1n) is 7.11. The molecule has 1 N–H and O–H groups in total. The molecule has 110 valence electrons. The molecule has 1 aliphatic carbocycles. The number of aryl methyl sites for hydroxylation is 1. The first-order chi connectivity index (χ1) is 10.1. The van der Waals surface area contributed by atoms with Crippen molar-refractivity contribution in [1.29, 1.82) is 0 Å². The number of rotatable bonds is 3. The quantitative estimate of drug-likeness (QED) is 0.942. The molecule has 5 heteroatoms. The molecule has 0 saturated carbocycles. The van der Waals surface area contributed by atoms with E-state index in [2.05, 4.69) is 5.10 Å². The van der Waals surface area contributed by atoms with Crippen molar-refractivity contribution in [1.82, 2.24) is 9.78 Å². The van der Waals surface area contributed by atoms with Gasteiger partial charge >= 0.3 is 5.97 Å². The lowest BCUT2D eigenvalue weighted by atomic mass is 9.95. The van der Waals surface area contributed by atoms with Crippen molar-refractivity contribution in [2.45, 2.75) is 32.6 Å². The summed E-state index contributed by atoms with van der Waals surface area (Å²) in [5, 5.41) is 13.7. The van der Waals surface area contributed by atoms with Crippen LogP contribution in [0.3, 0.4) is 0 Å². The largest absolute Gasteiger partial charge is 0.496 e. The van der Waals surface area contributed by atoms with E-state index in [0.29, 0.717) is 0 Å². The Morgan fingerprint density at radius 3 is 2.76 bits per heavy atom. The zero-order chi connectivity index (χ0) is 15.0. The number of aromatic carboxylic acids is 1. The summed E-state index contributed by atoms with van der Waals surface area (Å²) in [6.45, 7) is 1.97. The van der Waals surface area contributed by atoms with E-state index in [1.807, 2.05) is 25.1 Å². The van der Waals surface area contributed by atoms with Crippen LogP contribution in [0.5, 0.6) is 5.75 Å². The third-order valence-electron chi connectivity index (χ3n) is 4.01.